The first-order valence-electron chi connectivity index (χ1n) is 12.0. The fourth-order valence-corrected chi connectivity index (χ4v) is 4.74. The molecule has 6 rings (SSSR count). The molecule has 0 atom stereocenters. The Morgan fingerprint density at radius 3 is 2.13 bits per heavy atom. The van der Waals surface area contributed by atoms with E-state index < -0.39 is 5.91 Å². The van der Waals surface area contributed by atoms with Crippen LogP contribution in [0.3, 0.4) is 0 Å². The third-order valence-electron chi connectivity index (χ3n) is 6.34. The van der Waals surface area contributed by atoms with Crippen LogP contribution >= 0.6 is 23.2 Å². The summed E-state index contributed by atoms with van der Waals surface area (Å²) in [6, 6.07) is 22.9. The number of nitrogens with zero attached hydrogens (tertiary/aromatic N) is 7. The number of amides is 2. The first-order valence-corrected chi connectivity index (χ1v) is 12.7. The summed E-state index contributed by atoms with van der Waals surface area (Å²) in [6.07, 6.45) is 0. The molecule has 0 saturated heterocycles. The van der Waals surface area contributed by atoms with E-state index in [1.807, 2.05) is 39.8 Å². The molecule has 2 aliphatic rings. The monoisotopic (exact) mass is 545 g/mol. The van der Waals surface area contributed by atoms with Gasteiger partial charge in [-0.3, -0.25) is 28.9 Å². The molecular formula is C27H21Cl2N7O2. The van der Waals surface area contributed by atoms with Crippen molar-refractivity contribution >= 4 is 46.9 Å². The van der Waals surface area contributed by atoms with E-state index in [1.54, 1.807) is 58.1 Å². The first kappa shape index (κ1) is 24.1. The molecule has 3 aromatic carbocycles. The maximum atomic E-state index is 13.3. The molecule has 0 bridgehead atoms. The SMILES string of the molecule is O=C(N=c1n(-c2ccccc2)nc2n1CCN2C1=NCCN1C(=O)c1ccc(Cl)cc1)c1ccc(Cl)cc1. The zero-order chi connectivity index (χ0) is 26.2. The number of guanidine groups is 1. The summed E-state index contributed by atoms with van der Waals surface area (Å²) in [5, 5.41) is 5.93. The third kappa shape index (κ3) is 4.40. The second kappa shape index (κ2) is 9.92. The average Bonchev–Trinajstić information content (AvgIpc) is 3.66. The van der Waals surface area contributed by atoms with Crippen LogP contribution in [0.4, 0.5) is 5.95 Å². The second-order valence-electron chi connectivity index (χ2n) is 8.72. The quantitative estimate of drug-likeness (QED) is 0.388. The number of carbonyl (C=O) groups excluding carboxylic acids is 2. The Morgan fingerprint density at radius 1 is 0.789 bits per heavy atom. The fraction of sp³-hybridized carbons (Fsp3) is 0.148. The Kier molecular flexibility index (Phi) is 6.30. The van der Waals surface area contributed by atoms with Crippen molar-refractivity contribution in [2.24, 2.45) is 9.98 Å². The van der Waals surface area contributed by atoms with Gasteiger partial charge in [-0.15, -0.1) is 5.10 Å². The summed E-state index contributed by atoms with van der Waals surface area (Å²) in [6.45, 7) is 1.98. The van der Waals surface area contributed by atoms with Crippen LogP contribution in [-0.2, 0) is 6.54 Å². The van der Waals surface area contributed by atoms with Gasteiger partial charge in [0.05, 0.1) is 12.2 Å². The van der Waals surface area contributed by atoms with Crippen LogP contribution in [0.1, 0.15) is 20.7 Å². The van der Waals surface area contributed by atoms with Crippen LogP contribution in [0.25, 0.3) is 5.69 Å². The molecule has 0 fully saturated rings. The van der Waals surface area contributed by atoms with Crippen molar-refractivity contribution in [3.05, 3.63) is 106 Å². The molecule has 0 saturated carbocycles. The molecule has 11 heteroatoms. The average molecular weight is 546 g/mol. The number of para-hydroxylation sites is 1. The zero-order valence-electron chi connectivity index (χ0n) is 20.0. The summed E-state index contributed by atoms with van der Waals surface area (Å²) in [4.78, 5) is 39.1. The van der Waals surface area contributed by atoms with Gasteiger partial charge in [0.25, 0.3) is 11.8 Å². The molecule has 0 radical (unpaired) electrons. The zero-order valence-corrected chi connectivity index (χ0v) is 21.5. The van der Waals surface area contributed by atoms with Crippen molar-refractivity contribution in [1.82, 2.24) is 19.2 Å². The number of benzene rings is 3. The lowest BCUT2D eigenvalue weighted by Crippen LogP contribution is -2.44. The maximum absolute atomic E-state index is 13.3. The van der Waals surface area contributed by atoms with Gasteiger partial charge in [-0.2, -0.15) is 9.67 Å². The van der Waals surface area contributed by atoms with Gasteiger partial charge >= 0.3 is 0 Å². The standard InChI is InChI=1S/C27H21Cl2N7O2/c28-20-10-6-18(7-11-20)23(37)31-26-35-17-16-34(27(35)32-36(26)22-4-2-1-3-5-22)25-30-14-15-33(25)24(38)19-8-12-21(29)13-9-19/h1-13H,14-17H2. The number of fused-ring (bicyclic) bond motifs is 1. The molecule has 2 amide bonds. The predicted octanol–water partition coefficient (Wildman–Crippen LogP) is 4.05. The molecule has 1 aromatic heterocycles. The molecule has 0 aliphatic carbocycles. The van der Waals surface area contributed by atoms with Crippen LogP contribution in [0.2, 0.25) is 10.0 Å². The summed E-state index contributed by atoms with van der Waals surface area (Å²) in [5.41, 5.74) is 2.07. The summed E-state index contributed by atoms with van der Waals surface area (Å²) in [5.74, 6) is 0.488. The van der Waals surface area contributed by atoms with Crippen LogP contribution in [0, 0.1) is 0 Å². The minimum absolute atomic E-state index is 0.165. The highest BCUT2D eigenvalue weighted by molar-refractivity contribution is 6.31. The van der Waals surface area contributed by atoms with E-state index in [0.717, 1.165) is 5.69 Å². The Morgan fingerprint density at radius 2 is 1.45 bits per heavy atom. The number of halogens is 2. The molecule has 190 valence electrons. The number of anilines is 1. The van der Waals surface area contributed by atoms with Crippen LogP contribution in [0.5, 0.6) is 0 Å². The normalized spacial score (nSPS) is 15.1. The van der Waals surface area contributed by atoms with E-state index in [0.29, 0.717) is 64.9 Å². The van der Waals surface area contributed by atoms with Crippen LogP contribution in [0.15, 0.2) is 88.8 Å². The molecule has 0 spiro atoms. The van der Waals surface area contributed by atoms with Gasteiger partial charge in [0.2, 0.25) is 17.5 Å². The van der Waals surface area contributed by atoms with Crippen molar-refractivity contribution in [2.45, 2.75) is 6.54 Å². The topological polar surface area (TPSA) is 88.1 Å². The fourth-order valence-electron chi connectivity index (χ4n) is 4.49. The minimum atomic E-state index is -0.412. The van der Waals surface area contributed by atoms with Gasteiger partial charge in [-0.1, -0.05) is 41.4 Å². The Balaban J connectivity index is 1.40. The van der Waals surface area contributed by atoms with Crippen molar-refractivity contribution < 1.29 is 9.59 Å². The van der Waals surface area contributed by atoms with E-state index in [2.05, 4.69) is 9.98 Å². The molecule has 9 nitrogen and oxygen atoms in total. The number of aromatic nitrogens is 3. The predicted molar refractivity (Wildman–Crippen MR) is 145 cm³/mol. The van der Waals surface area contributed by atoms with E-state index in [4.69, 9.17) is 28.3 Å². The number of hydrogen-bond donors (Lipinski definition) is 0. The third-order valence-corrected chi connectivity index (χ3v) is 6.84. The maximum Gasteiger partial charge on any atom is 0.280 e. The van der Waals surface area contributed by atoms with E-state index >= 15 is 0 Å². The van der Waals surface area contributed by atoms with Gasteiger partial charge < -0.3 is 0 Å². The van der Waals surface area contributed by atoms with Crippen molar-refractivity contribution in [3.63, 3.8) is 0 Å². The first-order chi connectivity index (χ1) is 18.5. The Bertz CT molecular complexity index is 1620. The second-order valence-corrected chi connectivity index (χ2v) is 9.59. The van der Waals surface area contributed by atoms with Crippen molar-refractivity contribution in [2.75, 3.05) is 24.5 Å². The van der Waals surface area contributed by atoms with Crippen LogP contribution < -0.4 is 10.5 Å². The Hall–Kier alpha value is -4.21. The lowest BCUT2D eigenvalue weighted by Gasteiger charge is -2.24. The summed E-state index contributed by atoms with van der Waals surface area (Å²) in [7, 11) is 0. The lowest BCUT2D eigenvalue weighted by atomic mass is 10.2. The van der Waals surface area contributed by atoms with Gasteiger partial charge in [0.15, 0.2) is 0 Å². The summed E-state index contributed by atoms with van der Waals surface area (Å²) >= 11 is 12.0. The molecule has 38 heavy (non-hydrogen) atoms. The Labute approximate surface area is 227 Å². The smallest absolute Gasteiger partial charge is 0.279 e. The molecule has 3 heterocycles. The van der Waals surface area contributed by atoms with E-state index in [9.17, 15) is 9.59 Å². The number of aliphatic imine (C=N–C) groups is 1. The number of rotatable bonds is 3. The van der Waals surface area contributed by atoms with E-state index in [1.165, 1.54) is 0 Å². The minimum Gasteiger partial charge on any atom is -0.279 e. The molecule has 2 aliphatic heterocycles. The molecule has 4 aromatic rings. The van der Waals surface area contributed by atoms with Gasteiger partial charge in [0, 0.05) is 40.8 Å². The molecular weight excluding hydrogens is 525 g/mol. The van der Waals surface area contributed by atoms with Gasteiger partial charge in [-0.05, 0) is 60.7 Å². The molecule has 0 unspecified atom stereocenters. The molecule has 0 N–H and O–H groups in total. The van der Waals surface area contributed by atoms with E-state index in [-0.39, 0.29) is 5.91 Å². The highest BCUT2D eigenvalue weighted by Gasteiger charge is 2.36. The summed E-state index contributed by atoms with van der Waals surface area (Å²) < 4.78 is 3.50. The highest BCUT2D eigenvalue weighted by atomic mass is 35.5. The lowest BCUT2D eigenvalue weighted by molar-refractivity contribution is 0.0855. The van der Waals surface area contributed by atoms with Crippen molar-refractivity contribution in [1.29, 1.82) is 0 Å². The van der Waals surface area contributed by atoms with Crippen LogP contribution in [-0.4, -0.2) is 56.7 Å². The highest BCUT2D eigenvalue weighted by Crippen LogP contribution is 2.23. The number of hydrogen-bond acceptors (Lipinski definition) is 5. The van der Waals surface area contributed by atoms with Gasteiger partial charge in [-0.25, -0.2) is 0 Å². The van der Waals surface area contributed by atoms with Crippen molar-refractivity contribution in [3.8, 4) is 5.69 Å². The largest absolute Gasteiger partial charge is 0.280 e. The number of carbonyl (C=O) groups is 2. The van der Waals surface area contributed by atoms with Gasteiger partial charge in [0.1, 0.15) is 0 Å².